The van der Waals surface area contributed by atoms with Crippen molar-refractivity contribution >= 4 is 34.9 Å². The van der Waals surface area contributed by atoms with E-state index in [0.717, 1.165) is 22.8 Å². The molecule has 0 aliphatic heterocycles. The Morgan fingerprint density at radius 3 is 2.27 bits per heavy atom. The van der Waals surface area contributed by atoms with Crippen molar-refractivity contribution in [2.45, 2.75) is 83.6 Å². The number of thiophene rings is 1. The molecule has 0 radical (unpaired) electrons. The molecule has 1 atom stereocenters. The molecule has 0 fully saturated rings. The van der Waals surface area contributed by atoms with Crippen LogP contribution in [0, 0.1) is 6.92 Å². The van der Waals surface area contributed by atoms with E-state index in [1.165, 1.54) is 64.9 Å². The number of esters is 1. The number of carbonyl (C=O) groups excluding carboxylic acids is 1. The molecule has 4 nitrogen and oxygen atoms in total. The van der Waals surface area contributed by atoms with Crippen LogP contribution >= 0.6 is 24.0 Å². The summed E-state index contributed by atoms with van der Waals surface area (Å²) >= 11 is 6.07. The summed E-state index contributed by atoms with van der Waals surface area (Å²) < 4.78 is 4.83. The molecule has 0 aliphatic rings. The lowest BCUT2D eigenvalue weighted by Crippen LogP contribution is -2.32. The molecule has 0 amide bonds. The molecule has 0 saturated heterocycles. The second-order valence-electron chi connectivity index (χ2n) is 6.77. The lowest BCUT2D eigenvalue weighted by Gasteiger charge is -2.15. The summed E-state index contributed by atoms with van der Waals surface area (Å²) in [6.07, 6.45) is 13.4. The maximum Gasteiger partial charge on any atom is 0.340 e. The Labute approximate surface area is 168 Å². The van der Waals surface area contributed by atoms with Crippen LogP contribution in [0.3, 0.4) is 0 Å². The predicted octanol–water partition coefficient (Wildman–Crippen LogP) is 5.98. The van der Waals surface area contributed by atoms with Crippen LogP contribution in [0.25, 0.3) is 0 Å². The minimum Gasteiger partial charge on any atom is -0.465 e. The average molecular weight is 401 g/mol. The Bertz CT molecular complexity index is 506. The van der Waals surface area contributed by atoms with Gasteiger partial charge in [0.2, 0.25) is 0 Å². The first-order chi connectivity index (χ1) is 12.6. The van der Waals surface area contributed by atoms with Crippen LogP contribution in [0.2, 0.25) is 0 Å². The summed E-state index contributed by atoms with van der Waals surface area (Å²) in [7, 11) is 1.40. The summed E-state index contributed by atoms with van der Waals surface area (Å²) in [6, 6.07) is 1.85. The van der Waals surface area contributed by atoms with E-state index < -0.39 is 0 Å². The van der Waals surface area contributed by atoms with Gasteiger partial charge in [-0.2, -0.15) is 0 Å². The molecule has 0 aromatic carbocycles. The highest BCUT2D eigenvalue weighted by molar-refractivity contribution is 7.81. The van der Waals surface area contributed by atoms with Crippen LogP contribution in [-0.4, -0.2) is 25.1 Å². The zero-order valence-electron chi connectivity index (χ0n) is 16.6. The molecular weight excluding hydrogens is 364 g/mol. The van der Waals surface area contributed by atoms with Gasteiger partial charge >= 0.3 is 5.97 Å². The fraction of sp³-hybridized carbons (Fsp3) is 0.750. The summed E-state index contributed by atoms with van der Waals surface area (Å²) in [4.78, 5) is 12.9. The van der Waals surface area contributed by atoms with Crippen LogP contribution in [-0.2, 0) is 4.74 Å². The first kappa shape index (κ1) is 23.3. The van der Waals surface area contributed by atoms with Gasteiger partial charge in [-0.15, -0.1) is 24.0 Å². The number of aryl methyl sites for hydroxylation is 1. The van der Waals surface area contributed by atoms with E-state index in [-0.39, 0.29) is 11.5 Å². The van der Waals surface area contributed by atoms with Gasteiger partial charge in [-0.05, 0) is 26.0 Å². The molecule has 1 heterocycles. The highest BCUT2D eigenvalue weighted by Gasteiger charge is 2.16. The summed E-state index contributed by atoms with van der Waals surface area (Å²) in [5, 5.41) is 7.42. The number of ether oxygens (including phenoxy) is 1. The molecular formula is C20H36N2O2S2. The Kier molecular flexibility index (Phi) is 12.9. The predicted molar refractivity (Wildman–Crippen MR) is 117 cm³/mol. The van der Waals surface area contributed by atoms with Crippen molar-refractivity contribution in [1.82, 2.24) is 5.32 Å². The van der Waals surface area contributed by atoms with Crippen molar-refractivity contribution < 1.29 is 9.53 Å². The molecule has 0 saturated carbocycles. The van der Waals surface area contributed by atoms with E-state index in [2.05, 4.69) is 30.2 Å². The fourth-order valence-electron chi connectivity index (χ4n) is 2.91. The van der Waals surface area contributed by atoms with E-state index in [1.807, 2.05) is 13.0 Å². The van der Waals surface area contributed by atoms with E-state index in [1.54, 1.807) is 11.3 Å². The van der Waals surface area contributed by atoms with E-state index in [4.69, 9.17) is 4.74 Å². The number of unbranched alkanes of at least 4 members (excludes halogenated alkanes) is 9. The summed E-state index contributed by atoms with van der Waals surface area (Å²) in [5.74, 6) is -0.313. The number of carbonyl (C=O) groups is 1. The third-order valence-electron chi connectivity index (χ3n) is 4.40. The van der Waals surface area contributed by atoms with Gasteiger partial charge in [-0.1, -0.05) is 64.7 Å². The molecule has 1 rings (SSSR count). The molecule has 1 aromatic heterocycles. The molecule has 150 valence electrons. The largest absolute Gasteiger partial charge is 0.465 e. The second-order valence-corrected chi connectivity index (χ2v) is 8.55. The van der Waals surface area contributed by atoms with Crippen LogP contribution < -0.4 is 10.6 Å². The molecule has 0 spiro atoms. The second kappa shape index (κ2) is 14.4. The lowest BCUT2D eigenvalue weighted by molar-refractivity contribution is 0.0602. The van der Waals surface area contributed by atoms with Crippen LogP contribution in [0.15, 0.2) is 6.07 Å². The van der Waals surface area contributed by atoms with Crippen LogP contribution in [0.4, 0.5) is 5.00 Å². The molecule has 1 unspecified atom stereocenters. The lowest BCUT2D eigenvalue weighted by atomic mass is 10.1. The number of thiol groups is 1. The summed E-state index contributed by atoms with van der Waals surface area (Å²) in [6.45, 7) is 5.17. The standard InChI is InChI=1S/C20H36N2O2S2/c1-4-5-6-7-8-9-10-11-12-13-14-21-20(25)22-18-17(19(23)24-3)15-16(2)26-18/h15,20-22,25H,4-14H2,1-3H3. The van der Waals surface area contributed by atoms with E-state index in [9.17, 15) is 4.79 Å². The van der Waals surface area contributed by atoms with Crippen molar-refractivity contribution in [3.05, 3.63) is 16.5 Å². The monoisotopic (exact) mass is 400 g/mol. The SMILES string of the molecule is CCCCCCCCCCCCNC(S)Nc1sc(C)cc1C(=O)OC. The number of methoxy groups -OCH3 is 1. The summed E-state index contributed by atoms with van der Waals surface area (Å²) in [5.41, 5.74) is 0.407. The Morgan fingerprint density at radius 2 is 1.69 bits per heavy atom. The highest BCUT2D eigenvalue weighted by Crippen LogP contribution is 2.28. The van der Waals surface area contributed by atoms with Crippen molar-refractivity contribution in [3.63, 3.8) is 0 Å². The maximum atomic E-state index is 11.8. The molecule has 6 heteroatoms. The molecule has 26 heavy (non-hydrogen) atoms. The van der Waals surface area contributed by atoms with Crippen molar-refractivity contribution in [3.8, 4) is 0 Å². The quantitative estimate of drug-likeness (QED) is 0.147. The first-order valence-electron chi connectivity index (χ1n) is 9.95. The number of hydrogen-bond donors (Lipinski definition) is 3. The van der Waals surface area contributed by atoms with Crippen LogP contribution in [0.5, 0.6) is 0 Å². The number of rotatable bonds is 15. The Hall–Kier alpha value is -0.720. The zero-order chi connectivity index (χ0) is 19.2. The average Bonchev–Trinajstić information content (AvgIpc) is 2.99. The third-order valence-corrected chi connectivity index (χ3v) is 5.69. The van der Waals surface area contributed by atoms with Gasteiger partial charge in [0.25, 0.3) is 0 Å². The normalized spacial score (nSPS) is 12.2. The van der Waals surface area contributed by atoms with Gasteiger partial charge < -0.3 is 10.1 Å². The number of nitrogens with one attached hydrogen (secondary N) is 2. The molecule has 2 N–H and O–H groups in total. The van der Waals surface area contributed by atoms with E-state index >= 15 is 0 Å². The molecule has 0 bridgehead atoms. The van der Waals surface area contributed by atoms with Gasteiger partial charge in [0, 0.05) is 4.88 Å². The highest BCUT2D eigenvalue weighted by atomic mass is 32.1. The number of anilines is 1. The van der Waals surface area contributed by atoms with E-state index in [0.29, 0.717) is 5.56 Å². The van der Waals surface area contributed by atoms with Crippen molar-refractivity contribution in [2.24, 2.45) is 0 Å². The van der Waals surface area contributed by atoms with Gasteiger partial charge in [0.05, 0.1) is 12.7 Å². The molecule has 1 aromatic rings. The zero-order valence-corrected chi connectivity index (χ0v) is 18.3. The van der Waals surface area contributed by atoms with Crippen molar-refractivity contribution in [2.75, 3.05) is 19.0 Å². The maximum absolute atomic E-state index is 11.8. The van der Waals surface area contributed by atoms with Gasteiger partial charge in [0.15, 0.2) is 0 Å². The van der Waals surface area contributed by atoms with Gasteiger partial charge in [-0.25, -0.2) is 4.79 Å². The van der Waals surface area contributed by atoms with Crippen LogP contribution in [0.1, 0.15) is 86.4 Å². The van der Waals surface area contributed by atoms with Gasteiger partial charge in [-0.3, -0.25) is 5.32 Å². The number of hydrogen-bond acceptors (Lipinski definition) is 6. The Balaban J connectivity index is 2.09. The molecule has 0 aliphatic carbocycles. The first-order valence-corrected chi connectivity index (χ1v) is 11.3. The van der Waals surface area contributed by atoms with Gasteiger partial charge in [0.1, 0.15) is 10.5 Å². The topological polar surface area (TPSA) is 50.4 Å². The van der Waals surface area contributed by atoms with Crippen molar-refractivity contribution in [1.29, 1.82) is 0 Å². The Morgan fingerprint density at radius 1 is 1.12 bits per heavy atom. The fourth-order valence-corrected chi connectivity index (χ4v) is 4.18. The smallest absolute Gasteiger partial charge is 0.340 e. The minimum atomic E-state index is -0.313. The minimum absolute atomic E-state index is 0.171. The third kappa shape index (κ3) is 9.83.